The number of hydrogen-bond donors (Lipinski definition) is 1. The van der Waals surface area contributed by atoms with Crippen LogP contribution in [0, 0.1) is 0 Å². The fourth-order valence-electron chi connectivity index (χ4n) is 6.90. The highest BCUT2D eigenvalue weighted by molar-refractivity contribution is 9.13. The van der Waals surface area contributed by atoms with Crippen LogP contribution in [0.2, 0.25) is 0 Å². The Kier molecular flexibility index (Phi) is 10.7. The Morgan fingerprint density at radius 3 is 2.20 bits per heavy atom. The fraction of sp³-hybridized carbons (Fsp3) is 0.500. The largest absolute Gasteiger partial charge is 0.436 e. The van der Waals surface area contributed by atoms with Gasteiger partial charge in [-0.3, -0.25) is 14.3 Å². The first-order valence-corrected chi connectivity index (χ1v) is 17.8. The van der Waals surface area contributed by atoms with E-state index in [-0.39, 0.29) is 17.6 Å². The third-order valence-corrected chi connectivity index (χ3v) is 11.6. The molecule has 3 saturated heterocycles. The quantitative estimate of drug-likeness (QED) is 0.365. The third-order valence-electron chi connectivity index (χ3n) is 9.70. The molecule has 2 amide bonds. The molecule has 3 aliphatic rings. The first-order valence-electron chi connectivity index (χ1n) is 16.2. The van der Waals surface area contributed by atoms with Crippen molar-refractivity contribution in [3.63, 3.8) is 0 Å². The van der Waals surface area contributed by atoms with Crippen molar-refractivity contribution in [2.24, 2.45) is 0 Å². The summed E-state index contributed by atoms with van der Waals surface area (Å²) in [5.74, 6) is -0.141. The van der Waals surface area contributed by atoms with Crippen LogP contribution in [0.3, 0.4) is 0 Å². The Hall–Kier alpha value is -2.93. The number of nitrogens with one attached hydrogen (secondary N) is 1. The number of ether oxygens (including phenoxy) is 1. The molecule has 1 atom stereocenters. The van der Waals surface area contributed by atoms with Gasteiger partial charge in [0.15, 0.2) is 6.10 Å². The molecule has 246 valence electrons. The van der Waals surface area contributed by atoms with E-state index in [1.54, 1.807) is 9.47 Å². The van der Waals surface area contributed by atoms with Crippen LogP contribution >= 0.6 is 31.9 Å². The van der Waals surface area contributed by atoms with E-state index in [1.807, 2.05) is 59.6 Å². The molecule has 6 rings (SSSR count). The number of amides is 2. The molecular weight excluding hydrogens is 716 g/mol. The van der Waals surface area contributed by atoms with Crippen LogP contribution < -0.4 is 5.69 Å². The van der Waals surface area contributed by atoms with Crippen molar-refractivity contribution in [3.05, 3.63) is 79.7 Å². The van der Waals surface area contributed by atoms with E-state index in [1.165, 1.54) is 0 Å². The topological polar surface area (TPSA) is 94.1 Å². The Balaban J connectivity index is 1.09. The molecule has 1 N–H and O–H groups in total. The van der Waals surface area contributed by atoms with Gasteiger partial charge in [0.2, 0.25) is 0 Å². The fourth-order valence-corrected chi connectivity index (χ4v) is 7.57. The monoisotopic (exact) mass is 756 g/mol. The molecule has 3 aromatic rings. The Morgan fingerprint density at radius 1 is 0.848 bits per heavy atom. The molecule has 0 spiro atoms. The summed E-state index contributed by atoms with van der Waals surface area (Å²) in [4.78, 5) is 51.6. The van der Waals surface area contributed by atoms with Crippen LogP contribution in [0.25, 0.3) is 11.3 Å². The minimum absolute atomic E-state index is 0.0244. The van der Waals surface area contributed by atoms with Crippen LogP contribution in [0.15, 0.2) is 68.5 Å². The van der Waals surface area contributed by atoms with E-state index in [0.29, 0.717) is 51.5 Å². The highest BCUT2D eigenvalue weighted by Gasteiger charge is 2.35. The number of piperazine rings is 1. The number of carbonyl (C=O) groups is 2. The van der Waals surface area contributed by atoms with Gasteiger partial charge in [0, 0.05) is 72.9 Å². The molecule has 1 unspecified atom stereocenters. The maximum atomic E-state index is 13.9. The van der Waals surface area contributed by atoms with Gasteiger partial charge in [-0.2, -0.15) is 0 Å². The molecule has 0 radical (unpaired) electrons. The van der Waals surface area contributed by atoms with E-state index in [2.05, 4.69) is 53.7 Å². The summed E-state index contributed by atoms with van der Waals surface area (Å²) in [5, 5.41) is 0. The van der Waals surface area contributed by atoms with Crippen molar-refractivity contribution in [2.45, 2.75) is 50.3 Å². The number of aromatic amines is 1. The van der Waals surface area contributed by atoms with Gasteiger partial charge >= 0.3 is 11.8 Å². The number of H-pyrrole nitrogens is 1. The first kappa shape index (κ1) is 33.0. The van der Waals surface area contributed by atoms with Gasteiger partial charge in [-0.05, 0) is 101 Å². The van der Waals surface area contributed by atoms with Gasteiger partial charge < -0.3 is 24.4 Å². The summed E-state index contributed by atoms with van der Waals surface area (Å²) in [7, 11) is 2.17. The van der Waals surface area contributed by atoms with Crippen molar-refractivity contribution in [1.29, 1.82) is 0 Å². The number of hydrogen-bond acceptors (Lipinski definition) is 6. The van der Waals surface area contributed by atoms with E-state index in [9.17, 15) is 14.4 Å². The van der Waals surface area contributed by atoms with Gasteiger partial charge in [0.25, 0.3) is 5.91 Å². The average Bonchev–Trinajstić information content (AvgIpc) is 3.48. The van der Waals surface area contributed by atoms with Crippen LogP contribution in [0.5, 0.6) is 0 Å². The number of halogens is 2. The number of rotatable bonds is 7. The van der Waals surface area contributed by atoms with Crippen LogP contribution in [0.1, 0.15) is 37.3 Å². The van der Waals surface area contributed by atoms with Crippen molar-refractivity contribution < 1.29 is 14.3 Å². The number of aromatic nitrogens is 2. The first-order chi connectivity index (χ1) is 22.2. The zero-order valence-electron chi connectivity index (χ0n) is 26.2. The minimum atomic E-state index is -0.922. The summed E-state index contributed by atoms with van der Waals surface area (Å²) < 4.78 is 9.58. The molecule has 3 aliphatic heterocycles. The molecular formula is C34H42Br2N6O4. The second-order valence-electron chi connectivity index (χ2n) is 12.7. The van der Waals surface area contributed by atoms with Gasteiger partial charge in [-0.25, -0.2) is 9.59 Å². The standard InChI is InChI=1S/C34H42Br2N6O4/c1-38-13-9-26(10-14-38)39-17-19-40(20-18-39)32(43)31(22-24-7-8-28(35)29(36)21-24)46-34(45)41-15-11-27(12-16-41)42-23-30(37-33(42)44)25-5-3-2-4-6-25/h2-8,21,23,26-27,31H,9-20,22H2,1H3,(H,37,44). The summed E-state index contributed by atoms with van der Waals surface area (Å²) in [6.45, 7) is 6.04. The van der Waals surface area contributed by atoms with Gasteiger partial charge in [-0.15, -0.1) is 0 Å². The number of likely N-dealkylation sites (tertiary alicyclic amines) is 2. The maximum absolute atomic E-state index is 13.9. The number of carbonyl (C=O) groups excluding carboxylic acids is 2. The normalized spacial score (nSPS) is 19.7. The molecule has 10 nitrogen and oxygen atoms in total. The van der Waals surface area contributed by atoms with Crippen molar-refractivity contribution >= 4 is 43.9 Å². The third kappa shape index (κ3) is 7.78. The second kappa shape index (κ2) is 14.9. The maximum Gasteiger partial charge on any atom is 0.410 e. The zero-order chi connectivity index (χ0) is 32.2. The molecule has 3 fully saturated rings. The van der Waals surface area contributed by atoms with Gasteiger partial charge in [0.1, 0.15) is 0 Å². The Morgan fingerprint density at radius 2 is 1.52 bits per heavy atom. The molecule has 0 saturated carbocycles. The SMILES string of the molecule is CN1CCC(N2CCN(C(=O)C(Cc3ccc(Br)c(Br)c3)OC(=O)N3CCC(n4cc(-c5ccccc5)[nH]c4=O)CC3)CC2)CC1. The lowest BCUT2D eigenvalue weighted by atomic mass is 10.0. The lowest BCUT2D eigenvalue weighted by Crippen LogP contribution is -2.56. The molecule has 2 aromatic carbocycles. The Bertz CT molecular complexity index is 1560. The highest BCUT2D eigenvalue weighted by atomic mass is 79.9. The molecule has 0 aliphatic carbocycles. The number of imidazole rings is 1. The van der Waals surface area contributed by atoms with Gasteiger partial charge in [0.05, 0.1) is 5.69 Å². The van der Waals surface area contributed by atoms with Crippen molar-refractivity contribution in [3.8, 4) is 11.3 Å². The average molecular weight is 759 g/mol. The smallest absolute Gasteiger partial charge is 0.410 e. The predicted octanol–water partition coefficient (Wildman–Crippen LogP) is 4.99. The van der Waals surface area contributed by atoms with Crippen molar-refractivity contribution in [2.75, 3.05) is 59.4 Å². The number of benzene rings is 2. The van der Waals surface area contributed by atoms with E-state index in [4.69, 9.17) is 4.74 Å². The summed E-state index contributed by atoms with van der Waals surface area (Å²) in [6, 6.07) is 16.1. The molecule has 0 bridgehead atoms. The second-order valence-corrected chi connectivity index (χ2v) is 14.4. The van der Waals surface area contributed by atoms with E-state index >= 15 is 0 Å². The summed E-state index contributed by atoms with van der Waals surface area (Å²) >= 11 is 7.08. The molecule has 46 heavy (non-hydrogen) atoms. The van der Waals surface area contributed by atoms with Crippen molar-refractivity contribution in [1.82, 2.24) is 29.2 Å². The van der Waals surface area contributed by atoms with Crippen LogP contribution in [-0.4, -0.2) is 113 Å². The highest BCUT2D eigenvalue weighted by Crippen LogP contribution is 2.27. The summed E-state index contributed by atoms with van der Waals surface area (Å²) in [6.07, 6.45) is 4.32. The number of nitrogens with zero attached hydrogens (tertiary/aromatic N) is 5. The van der Waals surface area contributed by atoms with Crippen LogP contribution in [0.4, 0.5) is 4.79 Å². The Labute approximate surface area is 286 Å². The van der Waals surface area contributed by atoms with E-state index in [0.717, 1.165) is 64.8 Å². The lowest BCUT2D eigenvalue weighted by Gasteiger charge is -2.42. The minimum Gasteiger partial charge on any atom is -0.436 e. The molecule has 4 heterocycles. The zero-order valence-corrected chi connectivity index (χ0v) is 29.4. The lowest BCUT2D eigenvalue weighted by molar-refractivity contribution is -0.143. The van der Waals surface area contributed by atoms with Gasteiger partial charge in [-0.1, -0.05) is 36.4 Å². The number of piperidine rings is 2. The van der Waals surface area contributed by atoms with E-state index < -0.39 is 12.2 Å². The molecule has 12 heteroatoms. The predicted molar refractivity (Wildman–Crippen MR) is 185 cm³/mol. The summed E-state index contributed by atoms with van der Waals surface area (Å²) in [5.41, 5.74) is 2.49. The van der Waals surface area contributed by atoms with Crippen LogP contribution in [-0.2, 0) is 16.0 Å². The molecule has 1 aromatic heterocycles.